The van der Waals surface area contributed by atoms with E-state index >= 15 is 0 Å². The Morgan fingerprint density at radius 3 is 2.00 bits per heavy atom. The van der Waals surface area contributed by atoms with Crippen LogP contribution < -0.4 is 10.6 Å². The van der Waals surface area contributed by atoms with Gasteiger partial charge in [0.1, 0.15) is 0 Å². The molecule has 0 aromatic heterocycles. The zero-order valence-corrected chi connectivity index (χ0v) is 19.7. The first kappa shape index (κ1) is 23.7. The molecular weight excluding hydrogens is 450 g/mol. The van der Waals surface area contributed by atoms with Gasteiger partial charge in [0.25, 0.3) is 11.8 Å². The molecule has 0 spiro atoms. The van der Waals surface area contributed by atoms with Gasteiger partial charge in [-0.3, -0.25) is 9.59 Å². The van der Waals surface area contributed by atoms with Crippen LogP contribution in [0.4, 0.5) is 5.69 Å². The second-order valence-corrected chi connectivity index (χ2v) is 10.3. The van der Waals surface area contributed by atoms with E-state index in [2.05, 4.69) is 10.6 Å². The van der Waals surface area contributed by atoms with Crippen molar-refractivity contribution in [1.29, 1.82) is 0 Å². The Morgan fingerprint density at radius 2 is 1.38 bits per heavy atom. The molecule has 1 saturated heterocycles. The van der Waals surface area contributed by atoms with E-state index in [9.17, 15) is 18.0 Å². The molecule has 3 aromatic carbocycles. The molecule has 1 aliphatic rings. The number of nitrogens with one attached hydrogen (secondary N) is 2. The average Bonchev–Trinajstić information content (AvgIpc) is 2.85. The number of nitrogens with zero attached hydrogens (tertiary/aromatic N) is 1. The smallest absolute Gasteiger partial charge is 0.255 e. The number of sulfonamides is 1. The maximum absolute atomic E-state index is 12.9. The number of carbonyl (C=O) groups is 2. The summed E-state index contributed by atoms with van der Waals surface area (Å²) in [6, 6.07) is 22.3. The van der Waals surface area contributed by atoms with Crippen molar-refractivity contribution in [2.24, 2.45) is 0 Å². The Hall–Kier alpha value is -3.49. The lowest BCUT2D eigenvalue weighted by atomic mass is 10.1. The summed E-state index contributed by atoms with van der Waals surface area (Å²) >= 11 is 0. The molecule has 7 nitrogen and oxygen atoms in total. The molecule has 0 radical (unpaired) electrons. The molecule has 8 heteroatoms. The van der Waals surface area contributed by atoms with Gasteiger partial charge in [0.15, 0.2) is 0 Å². The van der Waals surface area contributed by atoms with Gasteiger partial charge < -0.3 is 10.6 Å². The lowest BCUT2D eigenvalue weighted by molar-refractivity contribution is 0.0923. The van der Waals surface area contributed by atoms with Crippen LogP contribution in [0.1, 0.15) is 39.1 Å². The van der Waals surface area contributed by atoms with Crippen molar-refractivity contribution >= 4 is 27.5 Å². The quantitative estimate of drug-likeness (QED) is 0.564. The summed E-state index contributed by atoms with van der Waals surface area (Å²) in [5.74, 6) is -0.439. The zero-order chi connectivity index (χ0) is 24.1. The van der Waals surface area contributed by atoms with Crippen molar-refractivity contribution in [2.75, 3.05) is 18.4 Å². The van der Waals surface area contributed by atoms with Crippen LogP contribution in [0.25, 0.3) is 0 Å². The zero-order valence-electron chi connectivity index (χ0n) is 18.9. The third-order valence-corrected chi connectivity index (χ3v) is 7.80. The van der Waals surface area contributed by atoms with E-state index < -0.39 is 10.0 Å². The topological polar surface area (TPSA) is 95.6 Å². The fourth-order valence-corrected chi connectivity index (χ4v) is 5.34. The second-order valence-electron chi connectivity index (χ2n) is 8.36. The molecule has 3 aromatic rings. The number of anilines is 1. The Balaban J connectivity index is 1.30. The van der Waals surface area contributed by atoms with Gasteiger partial charge in [0.2, 0.25) is 10.0 Å². The van der Waals surface area contributed by atoms with Crippen LogP contribution in [0, 0.1) is 6.92 Å². The molecule has 1 aliphatic heterocycles. The number of carbonyl (C=O) groups excluding carboxylic acids is 2. The van der Waals surface area contributed by atoms with E-state index in [1.165, 1.54) is 4.31 Å². The van der Waals surface area contributed by atoms with E-state index in [0.29, 0.717) is 47.6 Å². The number of piperidine rings is 1. The number of aryl methyl sites for hydroxylation is 1. The first-order valence-electron chi connectivity index (χ1n) is 11.2. The molecule has 0 bridgehead atoms. The Bertz CT molecular complexity index is 1250. The van der Waals surface area contributed by atoms with E-state index in [0.717, 1.165) is 5.56 Å². The highest BCUT2D eigenvalue weighted by Crippen LogP contribution is 2.21. The van der Waals surface area contributed by atoms with Crippen LogP contribution >= 0.6 is 0 Å². The molecule has 1 fully saturated rings. The van der Waals surface area contributed by atoms with Gasteiger partial charge in [-0.05, 0) is 68.3 Å². The van der Waals surface area contributed by atoms with Crippen LogP contribution in [0.2, 0.25) is 0 Å². The summed E-state index contributed by atoms with van der Waals surface area (Å²) in [4.78, 5) is 25.2. The Labute approximate surface area is 199 Å². The minimum atomic E-state index is -3.53. The normalized spacial score (nSPS) is 15.0. The van der Waals surface area contributed by atoms with Crippen molar-refractivity contribution in [3.05, 3.63) is 95.6 Å². The van der Waals surface area contributed by atoms with Crippen molar-refractivity contribution in [3.8, 4) is 0 Å². The number of amides is 2. The number of rotatable bonds is 6. The highest BCUT2D eigenvalue weighted by Gasteiger charge is 2.30. The van der Waals surface area contributed by atoms with Crippen molar-refractivity contribution < 1.29 is 18.0 Å². The van der Waals surface area contributed by atoms with Crippen LogP contribution in [-0.4, -0.2) is 43.7 Å². The van der Waals surface area contributed by atoms with Gasteiger partial charge >= 0.3 is 0 Å². The third kappa shape index (κ3) is 5.52. The van der Waals surface area contributed by atoms with Crippen molar-refractivity contribution in [3.63, 3.8) is 0 Å². The lowest BCUT2D eigenvalue weighted by Gasteiger charge is -2.31. The van der Waals surface area contributed by atoms with Gasteiger partial charge in [-0.25, -0.2) is 8.42 Å². The van der Waals surface area contributed by atoms with Crippen LogP contribution in [0.5, 0.6) is 0 Å². The maximum atomic E-state index is 12.9. The first-order valence-corrected chi connectivity index (χ1v) is 12.6. The lowest BCUT2D eigenvalue weighted by Crippen LogP contribution is -2.46. The van der Waals surface area contributed by atoms with E-state index in [1.54, 1.807) is 72.8 Å². The summed E-state index contributed by atoms with van der Waals surface area (Å²) in [6.07, 6.45) is 1.09. The second kappa shape index (κ2) is 10.2. The van der Waals surface area contributed by atoms with Gasteiger partial charge in [0.05, 0.1) is 4.90 Å². The van der Waals surface area contributed by atoms with Gasteiger partial charge in [0, 0.05) is 35.9 Å². The van der Waals surface area contributed by atoms with E-state index in [-0.39, 0.29) is 17.9 Å². The van der Waals surface area contributed by atoms with E-state index in [4.69, 9.17) is 0 Å². The third-order valence-electron chi connectivity index (χ3n) is 5.89. The molecule has 0 unspecified atom stereocenters. The van der Waals surface area contributed by atoms with Gasteiger partial charge in [-0.15, -0.1) is 0 Å². The summed E-state index contributed by atoms with van der Waals surface area (Å²) in [5.41, 5.74) is 2.64. The largest absolute Gasteiger partial charge is 0.349 e. The van der Waals surface area contributed by atoms with Crippen molar-refractivity contribution in [2.45, 2.75) is 30.7 Å². The summed E-state index contributed by atoms with van der Waals surface area (Å²) in [7, 11) is -3.53. The SMILES string of the molecule is Cc1ccc(S(=O)(=O)N2CCC(NC(=O)c3ccc(NC(=O)c4ccccc4)cc3)CC2)cc1. The number of hydrogen-bond acceptors (Lipinski definition) is 4. The molecule has 34 heavy (non-hydrogen) atoms. The minimum absolute atomic E-state index is 0.102. The standard InChI is InChI=1S/C26H27N3O4S/c1-19-7-13-24(14-8-19)34(32,33)29-17-15-23(16-18-29)28-26(31)21-9-11-22(12-10-21)27-25(30)20-5-3-2-4-6-20/h2-14,23H,15-18H2,1H3,(H,27,30)(H,28,31). The minimum Gasteiger partial charge on any atom is -0.349 e. The number of hydrogen-bond donors (Lipinski definition) is 2. The van der Waals surface area contributed by atoms with Crippen LogP contribution in [-0.2, 0) is 10.0 Å². The molecule has 0 atom stereocenters. The summed E-state index contributed by atoms with van der Waals surface area (Å²) < 4.78 is 27.2. The number of benzene rings is 3. The van der Waals surface area contributed by atoms with Crippen molar-refractivity contribution in [1.82, 2.24) is 9.62 Å². The fraction of sp³-hybridized carbons (Fsp3) is 0.231. The highest BCUT2D eigenvalue weighted by molar-refractivity contribution is 7.89. The summed E-state index contributed by atoms with van der Waals surface area (Å²) in [6.45, 7) is 2.62. The van der Waals surface area contributed by atoms with Crippen LogP contribution in [0.3, 0.4) is 0 Å². The molecule has 2 amide bonds. The molecule has 2 N–H and O–H groups in total. The first-order chi connectivity index (χ1) is 16.3. The predicted octanol–water partition coefficient (Wildman–Crippen LogP) is 3.83. The predicted molar refractivity (Wildman–Crippen MR) is 131 cm³/mol. The molecule has 0 aliphatic carbocycles. The molecule has 4 rings (SSSR count). The molecule has 1 heterocycles. The molecule has 0 saturated carbocycles. The monoisotopic (exact) mass is 477 g/mol. The molecule has 176 valence electrons. The molecular formula is C26H27N3O4S. The van der Waals surface area contributed by atoms with Crippen LogP contribution in [0.15, 0.2) is 83.8 Å². The maximum Gasteiger partial charge on any atom is 0.255 e. The summed E-state index contributed by atoms with van der Waals surface area (Å²) in [5, 5.41) is 5.80. The van der Waals surface area contributed by atoms with Gasteiger partial charge in [-0.2, -0.15) is 4.31 Å². The van der Waals surface area contributed by atoms with Gasteiger partial charge in [-0.1, -0.05) is 35.9 Å². The van der Waals surface area contributed by atoms with E-state index in [1.807, 2.05) is 13.0 Å². The fourth-order valence-electron chi connectivity index (χ4n) is 3.87. The Morgan fingerprint density at radius 1 is 0.794 bits per heavy atom. The Kier molecular flexibility index (Phi) is 7.09. The highest BCUT2D eigenvalue weighted by atomic mass is 32.2. The average molecular weight is 478 g/mol.